The quantitative estimate of drug-likeness (QED) is 0.849. The minimum Gasteiger partial charge on any atom is -0.466 e. The molecule has 1 unspecified atom stereocenters. The molecule has 6 heteroatoms. The maximum atomic E-state index is 11.4. The molecule has 0 saturated heterocycles. The molecule has 18 heavy (non-hydrogen) atoms. The molecule has 1 aliphatic heterocycles. The van der Waals surface area contributed by atoms with Crippen LogP contribution < -0.4 is 15.2 Å². The summed E-state index contributed by atoms with van der Waals surface area (Å²) in [5, 5.41) is 0.455. The number of carbonyl (C=O) groups is 1. The molecule has 1 heterocycles. The predicted molar refractivity (Wildman–Crippen MR) is 65.8 cm³/mol. The summed E-state index contributed by atoms with van der Waals surface area (Å²) in [6, 6.07) is 2.82. The van der Waals surface area contributed by atoms with Gasteiger partial charge in [0.05, 0.1) is 13.0 Å². The molecule has 0 fully saturated rings. The van der Waals surface area contributed by atoms with Gasteiger partial charge < -0.3 is 19.9 Å². The summed E-state index contributed by atoms with van der Waals surface area (Å²) in [5.74, 6) is 0.833. The van der Waals surface area contributed by atoms with Crippen LogP contribution in [0.2, 0.25) is 5.02 Å². The molecule has 0 amide bonds. The summed E-state index contributed by atoms with van der Waals surface area (Å²) in [5.41, 5.74) is 6.59. The number of benzene rings is 1. The lowest BCUT2D eigenvalue weighted by Crippen LogP contribution is -2.17. The first-order valence-electron chi connectivity index (χ1n) is 5.62. The Kier molecular flexibility index (Phi) is 3.93. The molecule has 98 valence electrons. The molecular formula is C12H14ClNO4. The zero-order valence-electron chi connectivity index (χ0n) is 9.94. The first-order valence-corrected chi connectivity index (χ1v) is 6.00. The average Bonchev–Trinajstić information content (AvgIpc) is 2.74. The Morgan fingerprint density at radius 1 is 1.50 bits per heavy atom. The number of carbonyl (C=O) groups excluding carboxylic acids is 1. The molecule has 0 aromatic heterocycles. The van der Waals surface area contributed by atoms with Gasteiger partial charge in [0, 0.05) is 17.1 Å². The number of rotatable bonds is 4. The van der Waals surface area contributed by atoms with E-state index in [9.17, 15) is 4.79 Å². The van der Waals surface area contributed by atoms with E-state index in [1.54, 1.807) is 19.1 Å². The third kappa shape index (κ3) is 2.68. The van der Waals surface area contributed by atoms with Gasteiger partial charge in [0.2, 0.25) is 6.79 Å². The number of nitrogens with two attached hydrogens (primary N) is 1. The highest BCUT2D eigenvalue weighted by molar-refractivity contribution is 6.31. The number of halogens is 1. The number of esters is 1. The van der Waals surface area contributed by atoms with Gasteiger partial charge in [0.1, 0.15) is 0 Å². The van der Waals surface area contributed by atoms with Crippen molar-refractivity contribution >= 4 is 17.6 Å². The molecule has 1 atom stereocenters. The van der Waals surface area contributed by atoms with Crippen molar-refractivity contribution in [3.8, 4) is 11.5 Å². The molecule has 1 aromatic carbocycles. The van der Waals surface area contributed by atoms with E-state index in [1.165, 1.54) is 0 Å². The minimum absolute atomic E-state index is 0.0766. The molecule has 1 aromatic rings. The van der Waals surface area contributed by atoms with Crippen LogP contribution in [-0.2, 0) is 9.53 Å². The second kappa shape index (κ2) is 5.46. The fourth-order valence-corrected chi connectivity index (χ4v) is 2.02. The van der Waals surface area contributed by atoms with E-state index in [0.717, 1.165) is 0 Å². The van der Waals surface area contributed by atoms with Crippen molar-refractivity contribution in [2.75, 3.05) is 13.4 Å². The van der Waals surface area contributed by atoms with Gasteiger partial charge in [-0.1, -0.05) is 11.6 Å². The van der Waals surface area contributed by atoms with Gasteiger partial charge in [-0.05, 0) is 18.6 Å². The standard InChI is InChI=1S/C12H14ClNO4/c1-2-16-12(15)5-9(14)7-3-10-11(4-8(7)13)18-6-17-10/h3-4,9H,2,5-6,14H2,1H3. The van der Waals surface area contributed by atoms with Crippen LogP contribution in [0.1, 0.15) is 24.9 Å². The van der Waals surface area contributed by atoms with Crippen molar-refractivity contribution in [1.29, 1.82) is 0 Å². The average molecular weight is 272 g/mol. The van der Waals surface area contributed by atoms with E-state index >= 15 is 0 Å². The van der Waals surface area contributed by atoms with Crippen LogP contribution in [0, 0.1) is 0 Å². The van der Waals surface area contributed by atoms with Crippen molar-refractivity contribution in [3.63, 3.8) is 0 Å². The molecule has 0 saturated carbocycles. The van der Waals surface area contributed by atoms with Gasteiger partial charge in [-0.15, -0.1) is 0 Å². The van der Waals surface area contributed by atoms with E-state index in [-0.39, 0.29) is 19.2 Å². The largest absolute Gasteiger partial charge is 0.466 e. The normalized spacial score (nSPS) is 14.4. The fourth-order valence-electron chi connectivity index (χ4n) is 1.73. The van der Waals surface area contributed by atoms with Gasteiger partial charge in [0.25, 0.3) is 0 Å². The maximum absolute atomic E-state index is 11.4. The predicted octanol–water partition coefficient (Wildman–Crippen LogP) is 2.02. The second-order valence-electron chi connectivity index (χ2n) is 3.84. The molecule has 0 radical (unpaired) electrons. The van der Waals surface area contributed by atoms with E-state index in [4.69, 9.17) is 31.5 Å². The van der Waals surface area contributed by atoms with Crippen molar-refractivity contribution in [2.24, 2.45) is 5.73 Å². The van der Waals surface area contributed by atoms with E-state index < -0.39 is 6.04 Å². The Morgan fingerprint density at radius 2 is 2.17 bits per heavy atom. The Hall–Kier alpha value is -1.46. The Labute approximate surface area is 110 Å². The SMILES string of the molecule is CCOC(=O)CC(N)c1cc2c(cc1Cl)OCO2. The smallest absolute Gasteiger partial charge is 0.307 e. The van der Waals surface area contributed by atoms with Gasteiger partial charge in [-0.3, -0.25) is 4.79 Å². The summed E-state index contributed by atoms with van der Waals surface area (Å²) in [7, 11) is 0. The highest BCUT2D eigenvalue weighted by atomic mass is 35.5. The van der Waals surface area contributed by atoms with Crippen molar-refractivity contribution in [2.45, 2.75) is 19.4 Å². The van der Waals surface area contributed by atoms with Crippen LogP contribution in [0.3, 0.4) is 0 Å². The molecule has 2 rings (SSSR count). The summed E-state index contributed by atoms with van der Waals surface area (Å²) >= 11 is 6.10. The molecule has 2 N–H and O–H groups in total. The monoisotopic (exact) mass is 271 g/mol. The number of hydrogen-bond acceptors (Lipinski definition) is 5. The summed E-state index contributed by atoms with van der Waals surface area (Å²) in [4.78, 5) is 11.4. The highest BCUT2D eigenvalue weighted by Gasteiger charge is 2.21. The lowest BCUT2D eigenvalue weighted by molar-refractivity contribution is -0.143. The molecule has 0 aliphatic carbocycles. The van der Waals surface area contributed by atoms with Crippen molar-refractivity contribution < 1.29 is 19.0 Å². The molecule has 5 nitrogen and oxygen atoms in total. The molecular weight excluding hydrogens is 258 g/mol. The minimum atomic E-state index is -0.522. The van der Waals surface area contributed by atoms with E-state index in [2.05, 4.69) is 0 Å². The van der Waals surface area contributed by atoms with Crippen LogP contribution in [0.5, 0.6) is 11.5 Å². The third-order valence-electron chi connectivity index (χ3n) is 2.58. The van der Waals surface area contributed by atoms with E-state index in [0.29, 0.717) is 28.7 Å². The lowest BCUT2D eigenvalue weighted by atomic mass is 10.0. The molecule has 0 spiro atoms. The van der Waals surface area contributed by atoms with Crippen LogP contribution in [0.25, 0.3) is 0 Å². The zero-order chi connectivity index (χ0) is 13.1. The number of fused-ring (bicyclic) bond motifs is 1. The van der Waals surface area contributed by atoms with Crippen molar-refractivity contribution in [3.05, 3.63) is 22.7 Å². The Morgan fingerprint density at radius 3 is 2.83 bits per heavy atom. The topological polar surface area (TPSA) is 70.8 Å². The summed E-state index contributed by atoms with van der Waals surface area (Å²) in [6.07, 6.45) is 0.0766. The Bertz CT molecular complexity index is 464. The van der Waals surface area contributed by atoms with Crippen molar-refractivity contribution in [1.82, 2.24) is 0 Å². The van der Waals surface area contributed by atoms with Gasteiger partial charge in [-0.25, -0.2) is 0 Å². The number of hydrogen-bond donors (Lipinski definition) is 1. The first kappa shape index (κ1) is 13.0. The fraction of sp³-hybridized carbons (Fsp3) is 0.417. The van der Waals surface area contributed by atoms with Gasteiger partial charge in [0.15, 0.2) is 11.5 Å². The number of ether oxygens (including phenoxy) is 3. The molecule has 0 bridgehead atoms. The van der Waals surface area contributed by atoms with Crippen LogP contribution in [0.15, 0.2) is 12.1 Å². The van der Waals surface area contributed by atoms with Crippen LogP contribution in [0.4, 0.5) is 0 Å². The van der Waals surface area contributed by atoms with Gasteiger partial charge in [-0.2, -0.15) is 0 Å². The van der Waals surface area contributed by atoms with E-state index in [1.807, 2.05) is 0 Å². The van der Waals surface area contributed by atoms with Crippen LogP contribution >= 0.6 is 11.6 Å². The zero-order valence-corrected chi connectivity index (χ0v) is 10.7. The third-order valence-corrected chi connectivity index (χ3v) is 2.91. The lowest BCUT2D eigenvalue weighted by Gasteiger charge is -2.13. The summed E-state index contributed by atoms with van der Waals surface area (Å²) < 4.78 is 15.3. The first-order chi connectivity index (χ1) is 8.61. The van der Waals surface area contributed by atoms with Crippen LogP contribution in [-0.4, -0.2) is 19.4 Å². The van der Waals surface area contributed by atoms with Gasteiger partial charge >= 0.3 is 5.97 Å². The Balaban J connectivity index is 2.15. The highest BCUT2D eigenvalue weighted by Crippen LogP contribution is 2.38. The maximum Gasteiger partial charge on any atom is 0.307 e. The molecule has 1 aliphatic rings. The second-order valence-corrected chi connectivity index (χ2v) is 4.25. The summed E-state index contributed by atoms with van der Waals surface area (Å²) in [6.45, 7) is 2.25.